The lowest BCUT2D eigenvalue weighted by atomic mass is 9.95. The topological polar surface area (TPSA) is 121 Å². The average molecular weight is 324 g/mol. The summed E-state index contributed by atoms with van der Waals surface area (Å²) in [4.78, 5) is 33.0. The molecule has 7 heteroatoms. The van der Waals surface area contributed by atoms with Gasteiger partial charge in [-0.3, -0.25) is 9.59 Å². The van der Waals surface area contributed by atoms with Gasteiger partial charge in [-0.05, 0) is 24.8 Å². The Morgan fingerprint density at radius 2 is 1.48 bits per heavy atom. The zero-order valence-electron chi connectivity index (χ0n) is 12.6. The van der Waals surface area contributed by atoms with Gasteiger partial charge in [-0.1, -0.05) is 30.3 Å². The minimum absolute atomic E-state index is 0.0142. The molecule has 3 N–H and O–H groups in total. The summed E-state index contributed by atoms with van der Waals surface area (Å²) < 4.78 is 5.19. The number of ether oxygens (including phenoxy) is 1. The van der Waals surface area contributed by atoms with Gasteiger partial charge in [-0.25, -0.2) is 4.79 Å². The van der Waals surface area contributed by atoms with E-state index in [0.717, 1.165) is 18.4 Å². The van der Waals surface area contributed by atoms with E-state index in [1.54, 1.807) is 0 Å². The van der Waals surface area contributed by atoms with E-state index < -0.39 is 36.4 Å². The van der Waals surface area contributed by atoms with Crippen molar-refractivity contribution < 1.29 is 34.4 Å². The van der Waals surface area contributed by atoms with Crippen LogP contribution in [0.1, 0.15) is 31.2 Å². The van der Waals surface area contributed by atoms with Crippen molar-refractivity contribution in [3.63, 3.8) is 0 Å². The minimum Gasteiger partial charge on any atom is -0.481 e. The molecule has 1 rings (SSSR count). The summed E-state index contributed by atoms with van der Waals surface area (Å²) in [5, 5.41) is 26.9. The van der Waals surface area contributed by atoms with E-state index in [9.17, 15) is 19.5 Å². The highest BCUT2D eigenvalue weighted by molar-refractivity contribution is 5.88. The van der Waals surface area contributed by atoms with Crippen molar-refractivity contribution in [1.29, 1.82) is 0 Å². The number of aryl methyl sites for hydroxylation is 1. The van der Waals surface area contributed by atoms with Gasteiger partial charge in [-0.15, -0.1) is 0 Å². The first-order valence-corrected chi connectivity index (χ1v) is 7.20. The van der Waals surface area contributed by atoms with E-state index in [4.69, 9.17) is 14.9 Å². The first-order valence-electron chi connectivity index (χ1n) is 7.20. The van der Waals surface area contributed by atoms with Gasteiger partial charge in [0.05, 0.1) is 12.8 Å². The number of aliphatic carboxylic acids is 3. The van der Waals surface area contributed by atoms with Gasteiger partial charge < -0.3 is 20.1 Å². The smallest absolute Gasteiger partial charge is 0.337 e. The predicted octanol–water partition coefficient (Wildman–Crippen LogP) is 1.80. The zero-order chi connectivity index (χ0) is 17.3. The van der Waals surface area contributed by atoms with E-state index in [2.05, 4.69) is 0 Å². The van der Waals surface area contributed by atoms with Crippen molar-refractivity contribution in [3.8, 4) is 0 Å². The summed E-state index contributed by atoms with van der Waals surface area (Å²) in [6, 6.07) is 9.68. The molecule has 0 heterocycles. The van der Waals surface area contributed by atoms with Crippen molar-refractivity contribution in [1.82, 2.24) is 0 Å². The lowest BCUT2D eigenvalue weighted by Crippen LogP contribution is -2.45. The Morgan fingerprint density at radius 1 is 0.913 bits per heavy atom. The van der Waals surface area contributed by atoms with Gasteiger partial charge in [0.15, 0.2) is 5.60 Å². The first kappa shape index (κ1) is 18.6. The molecular formula is C16H20O7. The Hall–Kier alpha value is -2.41. The van der Waals surface area contributed by atoms with Crippen LogP contribution in [0.5, 0.6) is 0 Å². The van der Waals surface area contributed by atoms with Crippen molar-refractivity contribution in [2.45, 2.75) is 37.7 Å². The summed E-state index contributed by atoms with van der Waals surface area (Å²) in [6.45, 7) is -0.0142. The largest absolute Gasteiger partial charge is 0.481 e. The fraction of sp³-hybridized carbons (Fsp3) is 0.438. The Balaban J connectivity index is 2.54. The predicted molar refractivity (Wildman–Crippen MR) is 80.2 cm³/mol. The molecule has 7 nitrogen and oxygen atoms in total. The zero-order valence-corrected chi connectivity index (χ0v) is 12.6. The normalized spacial score (nSPS) is 11.1. The highest BCUT2D eigenvalue weighted by Crippen LogP contribution is 2.23. The van der Waals surface area contributed by atoms with Crippen LogP contribution in [0.15, 0.2) is 30.3 Å². The third kappa shape index (κ3) is 6.48. The number of benzene rings is 1. The van der Waals surface area contributed by atoms with Crippen LogP contribution in [-0.4, -0.2) is 45.4 Å². The highest BCUT2D eigenvalue weighted by Gasteiger charge is 2.44. The molecule has 126 valence electrons. The quantitative estimate of drug-likeness (QED) is 0.531. The van der Waals surface area contributed by atoms with E-state index in [-0.39, 0.29) is 6.61 Å². The van der Waals surface area contributed by atoms with Gasteiger partial charge in [0.2, 0.25) is 0 Å². The van der Waals surface area contributed by atoms with E-state index >= 15 is 0 Å². The number of hydrogen-bond donors (Lipinski definition) is 3. The number of carbonyl (C=O) groups is 3. The monoisotopic (exact) mass is 324 g/mol. The second kappa shape index (κ2) is 8.89. The number of hydrogen-bond acceptors (Lipinski definition) is 4. The van der Waals surface area contributed by atoms with Crippen LogP contribution in [-0.2, 0) is 25.5 Å². The average Bonchev–Trinajstić information content (AvgIpc) is 2.46. The molecule has 0 amide bonds. The van der Waals surface area contributed by atoms with Gasteiger partial charge in [0.25, 0.3) is 0 Å². The summed E-state index contributed by atoms with van der Waals surface area (Å²) in [5.41, 5.74) is -1.10. The molecule has 1 aromatic carbocycles. The SMILES string of the molecule is O=C(O)CC(CC(=O)O)(OCCCCc1ccccc1)C(=O)O. The Labute approximate surface area is 133 Å². The second-order valence-electron chi connectivity index (χ2n) is 5.23. The fourth-order valence-corrected chi connectivity index (χ4v) is 2.21. The molecule has 1 aromatic rings. The molecule has 0 aliphatic heterocycles. The number of carboxylic acids is 3. The first-order chi connectivity index (χ1) is 10.9. The molecule has 0 saturated heterocycles. The maximum absolute atomic E-state index is 11.3. The number of carboxylic acid groups (broad SMARTS) is 3. The maximum Gasteiger partial charge on any atom is 0.337 e. The summed E-state index contributed by atoms with van der Waals surface area (Å²) in [5.74, 6) is -4.42. The van der Waals surface area contributed by atoms with Crippen molar-refractivity contribution in [2.24, 2.45) is 0 Å². The lowest BCUT2D eigenvalue weighted by molar-refractivity contribution is -0.178. The second-order valence-corrected chi connectivity index (χ2v) is 5.23. The molecule has 0 saturated carbocycles. The molecular weight excluding hydrogens is 304 g/mol. The van der Waals surface area contributed by atoms with Gasteiger partial charge in [0, 0.05) is 6.61 Å². The van der Waals surface area contributed by atoms with Crippen LogP contribution in [0.25, 0.3) is 0 Å². The molecule has 0 unspecified atom stereocenters. The molecule has 0 bridgehead atoms. The summed E-state index contributed by atoms with van der Waals surface area (Å²) >= 11 is 0. The highest BCUT2D eigenvalue weighted by atomic mass is 16.5. The van der Waals surface area contributed by atoms with Crippen LogP contribution < -0.4 is 0 Å². The molecule has 23 heavy (non-hydrogen) atoms. The van der Waals surface area contributed by atoms with Gasteiger partial charge >= 0.3 is 17.9 Å². The summed E-state index contributed by atoms with van der Waals surface area (Å²) in [6.07, 6.45) is 0.214. The lowest BCUT2D eigenvalue weighted by Gasteiger charge is -2.26. The van der Waals surface area contributed by atoms with Crippen LogP contribution in [0.2, 0.25) is 0 Å². The molecule has 0 spiro atoms. The summed E-state index contributed by atoms with van der Waals surface area (Å²) in [7, 11) is 0. The third-order valence-corrected chi connectivity index (χ3v) is 3.34. The van der Waals surface area contributed by atoms with E-state index in [1.807, 2.05) is 30.3 Å². The van der Waals surface area contributed by atoms with Crippen LogP contribution in [0.3, 0.4) is 0 Å². The molecule has 0 atom stereocenters. The van der Waals surface area contributed by atoms with Crippen molar-refractivity contribution >= 4 is 17.9 Å². The fourth-order valence-electron chi connectivity index (χ4n) is 2.21. The number of unbranched alkanes of at least 4 members (excludes halogenated alkanes) is 1. The Kier molecular flexibility index (Phi) is 7.21. The molecule has 0 radical (unpaired) electrons. The minimum atomic E-state index is -2.23. The standard InChI is InChI=1S/C16H20O7/c17-13(18)10-16(15(21)22,11-14(19)20)23-9-5-4-8-12-6-2-1-3-7-12/h1-3,6-7H,4-5,8-11H2,(H,17,18)(H,19,20)(H,21,22). The molecule has 0 aliphatic carbocycles. The Morgan fingerprint density at radius 3 is 1.96 bits per heavy atom. The van der Waals surface area contributed by atoms with E-state index in [0.29, 0.717) is 6.42 Å². The number of rotatable bonds is 11. The van der Waals surface area contributed by atoms with Crippen molar-refractivity contribution in [3.05, 3.63) is 35.9 Å². The molecule has 0 aliphatic rings. The van der Waals surface area contributed by atoms with E-state index in [1.165, 1.54) is 0 Å². The molecule has 0 aromatic heterocycles. The van der Waals surface area contributed by atoms with Gasteiger partial charge in [-0.2, -0.15) is 0 Å². The van der Waals surface area contributed by atoms with Crippen LogP contribution in [0, 0.1) is 0 Å². The molecule has 0 fully saturated rings. The third-order valence-electron chi connectivity index (χ3n) is 3.34. The maximum atomic E-state index is 11.3. The van der Waals surface area contributed by atoms with Crippen molar-refractivity contribution in [2.75, 3.05) is 6.61 Å². The van der Waals surface area contributed by atoms with Gasteiger partial charge in [0.1, 0.15) is 0 Å². The van der Waals surface area contributed by atoms with Crippen LogP contribution in [0.4, 0.5) is 0 Å². The Bertz CT molecular complexity index is 523. The van der Waals surface area contributed by atoms with Crippen LogP contribution >= 0.6 is 0 Å².